The van der Waals surface area contributed by atoms with Gasteiger partial charge in [-0.25, -0.2) is 0 Å². The average Bonchev–Trinajstić information content (AvgIpc) is 2.14. The molecule has 1 rings (SSSR count). The van der Waals surface area contributed by atoms with Gasteiger partial charge in [0.25, 0.3) is 6.72 Å². The number of nitrogens with zero attached hydrogens (tertiary/aromatic N) is 1. The third-order valence-corrected chi connectivity index (χ3v) is 1.74. The minimum atomic E-state index is -4.25. The topological polar surface area (TPSA) is 34.3 Å². The van der Waals surface area contributed by atoms with Gasteiger partial charge in [-0.15, -0.1) is 0 Å². The summed E-state index contributed by atoms with van der Waals surface area (Å²) in [5.41, 5.74) is 0.307. The third kappa shape index (κ3) is 3.48. The van der Waals surface area contributed by atoms with Crippen molar-refractivity contribution in [2.75, 3.05) is 0 Å². The van der Waals surface area contributed by atoms with Gasteiger partial charge < -0.3 is 5.11 Å². The smallest absolute Gasteiger partial charge is 0.447 e. The van der Waals surface area contributed by atoms with Gasteiger partial charge in [0.15, 0.2) is 0 Å². The quantitative estimate of drug-likeness (QED) is 0.457. The predicted octanol–water partition coefficient (Wildman–Crippen LogP) is 1.86. The van der Waals surface area contributed by atoms with E-state index in [-0.39, 0.29) is 17.0 Å². The number of alkyl halides is 3. The molecule has 2 nitrogen and oxygen atoms in total. The molecule has 0 atom stereocenters. The zero-order valence-corrected chi connectivity index (χ0v) is 7.75. The molecule has 0 amide bonds. The van der Waals surface area contributed by atoms with E-state index in [0.717, 1.165) is 0 Å². The molecule has 1 aromatic rings. The second kappa shape index (κ2) is 4.19. The van der Waals surface area contributed by atoms with Gasteiger partial charge in [-0.2, -0.15) is 13.2 Å². The van der Waals surface area contributed by atoms with E-state index in [1.54, 1.807) is 0 Å². The first-order valence-corrected chi connectivity index (χ1v) is 4.11. The van der Waals surface area contributed by atoms with Crippen molar-refractivity contribution in [3.05, 3.63) is 35.4 Å². The highest BCUT2D eigenvalue weighted by molar-refractivity contribution is 5.92. The van der Waals surface area contributed by atoms with Crippen LogP contribution in [0.3, 0.4) is 0 Å². The fourth-order valence-corrected chi connectivity index (χ4v) is 1.14. The van der Waals surface area contributed by atoms with Crippen molar-refractivity contribution in [1.82, 2.24) is 4.67 Å². The molecular weight excluding hydrogens is 207 g/mol. The first-order chi connectivity index (χ1) is 6.92. The summed E-state index contributed by atoms with van der Waals surface area (Å²) in [6, 6.07) is 5.46. The molecule has 0 spiro atoms. The standard InChI is InChI=1S/C10H8F3NO/c1-14-9(15)8-4-2-3-7(5-8)6-10(11,12)13/h2-5H,1,6H2/p+1. The molecule has 80 valence electrons. The van der Waals surface area contributed by atoms with E-state index in [2.05, 4.69) is 11.4 Å². The molecular formula is C10H9F3NO+. The maximum Gasteiger partial charge on any atom is 0.491 e. The molecule has 0 aromatic heterocycles. The highest BCUT2D eigenvalue weighted by Crippen LogP contribution is 2.21. The summed E-state index contributed by atoms with van der Waals surface area (Å²) in [5, 5.41) is 9.16. The van der Waals surface area contributed by atoms with Crippen LogP contribution in [-0.2, 0) is 6.42 Å². The Morgan fingerprint density at radius 2 is 2.07 bits per heavy atom. The summed E-state index contributed by atoms with van der Waals surface area (Å²) < 4.78 is 39.4. The molecule has 0 radical (unpaired) electrons. The maximum absolute atomic E-state index is 12.1. The number of hydrogen-bond acceptors (Lipinski definition) is 0. The van der Waals surface area contributed by atoms with Crippen LogP contribution >= 0.6 is 0 Å². The Morgan fingerprint density at radius 3 is 2.60 bits per heavy atom. The van der Waals surface area contributed by atoms with Crippen LogP contribution in [0.2, 0.25) is 0 Å². The van der Waals surface area contributed by atoms with Crippen LogP contribution in [0.25, 0.3) is 0 Å². The molecule has 0 aliphatic heterocycles. The molecule has 1 aromatic carbocycles. The molecule has 0 saturated carbocycles. The number of aliphatic hydroxyl groups excluding tert-OH is 1. The first-order valence-electron chi connectivity index (χ1n) is 4.11. The van der Waals surface area contributed by atoms with Crippen LogP contribution in [0.4, 0.5) is 13.2 Å². The van der Waals surface area contributed by atoms with E-state index in [1.165, 1.54) is 24.3 Å². The fourth-order valence-electron chi connectivity index (χ4n) is 1.14. The van der Waals surface area contributed by atoms with Crippen molar-refractivity contribution >= 4 is 12.6 Å². The lowest BCUT2D eigenvalue weighted by Gasteiger charge is -2.05. The maximum atomic E-state index is 12.1. The third-order valence-electron chi connectivity index (χ3n) is 1.74. The zero-order chi connectivity index (χ0) is 11.5. The Labute approximate surface area is 84.4 Å². The van der Waals surface area contributed by atoms with E-state index in [4.69, 9.17) is 5.11 Å². The van der Waals surface area contributed by atoms with Gasteiger partial charge in [-0.05, 0) is 17.7 Å². The number of hydrogen-bond donors (Lipinski definition) is 1. The molecule has 0 unspecified atom stereocenters. The summed E-state index contributed by atoms with van der Waals surface area (Å²) in [4.78, 5) is 0. The molecule has 1 N–H and O–H groups in total. The van der Waals surface area contributed by atoms with Gasteiger partial charge >= 0.3 is 12.1 Å². The minimum absolute atomic E-state index is 0.0789. The number of benzene rings is 1. The molecule has 0 saturated heterocycles. The normalized spacial score (nSPS) is 10.9. The van der Waals surface area contributed by atoms with Gasteiger partial charge in [-0.1, -0.05) is 16.8 Å². The Hall–Kier alpha value is -1.74. The molecule has 15 heavy (non-hydrogen) atoms. The highest BCUT2D eigenvalue weighted by atomic mass is 19.4. The summed E-state index contributed by atoms with van der Waals surface area (Å²) in [6.07, 6.45) is -5.28. The van der Waals surface area contributed by atoms with E-state index in [1.807, 2.05) is 0 Å². The van der Waals surface area contributed by atoms with Crippen LogP contribution in [-0.4, -0.2) is 23.9 Å². The lowest BCUT2D eigenvalue weighted by atomic mass is 10.1. The summed E-state index contributed by atoms with van der Waals surface area (Å²) in [7, 11) is 0. The van der Waals surface area contributed by atoms with Crippen molar-refractivity contribution in [2.45, 2.75) is 12.6 Å². The van der Waals surface area contributed by atoms with Gasteiger partial charge in [0.2, 0.25) is 0 Å². The molecule has 5 heteroatoms. The average molecular weight is 216 g/mol. The van der Waals surface area contributed by atoms with Gasteiger partial charge in [-0.3, -0.25) is 0 Å². The lowest BCUT2D eigenvalue weighted by Crippen LogP contribution is -2.12. The van der Waals surface area contributed by atoms with E-state index >= 15 is 0 Å². The van der Waals surface area contributed by atoms with Crippen molar-refractivity contribution in [3.8, 4) is 0 Å². The van der Waals surface area contributed by atoms with E-state index in [9.17, 15) is 13.2 Å². The second-order valence-corrected chi connectivity index (χ2v) is 2.97. The molecule has 0 heterocycles. The molecule has 0 aliphatic carbocycles. The van der Waals surface area contributed by atoms with Crippen LogP contribution in [0.5, 0.6) is 0 Å². The van der Waals surface area contributed by atoms with Crippen molar-refractivity contribution in [1.29, 1.82) is 0 Å². The van der Waals surface area contributed by atoms with Gasteiger partial charge in [0, 0.05) is 0 Å². The highest BCUT2D eigenvalue weighted by Gasteiger charge is 2.28. The van der Waals surface area contributed by atoms with E-state index < -0.39 is 12.6 Å². The van der Waals surface area contributed by atoms with E-state index in [0.29, 0.717) is 0 Å². The molecule has 0 aliphatic rings. The SMILES string of the molecule is C=[N+]=C(O)c1cccc(CC(F)(F)F)c1. The van der Waals surface area contributed by atoms with Crippen molar-refractivity contribution < 1.29 is 18.3 Å². The van der Waals surface area contributed by atoms with Gasteiger partial charge in [0.1, 0.15) is 5.56 Å². The van der Waals surface area contributed by atoms with Crippen molar-refractivity contribution in [3.63, 3.8) is 0 Å². The monoisotopic (exact) mass is 216 g/mol. The van der Waals surface area contributed by atoms with Crippen molar-refractivity contribution in [2.24, 2.45) is 0 Å². The number of rotatable bonds is 2. The predicted molar refractivity (Wildman–Crippen MR) is 52.2 cm³/mol. The summed E-state index contributed by atoms with van der Waals surface area (Å²) in [6.45, 7) is 3.08. The second-order valence-electron chi connectivity index (χ2n) is 2.97. The largest absolute Gasteiger partial charge is 0.491 e. The Balaban J connectivity index is 2.98. The van der Waals surface area contributed by atoms with Crippen LogP contribution < -0.4 is 4.67 Å². The first kappa shape index (κ1) is 11.3. The summed E-state index contributed by atoms with van der Waals surface area (Å²) in [5.74, 6) is -0.376. The fraction of sp³-hybridized carbons (Fsp3) is 0.200. The molecule has 0 fully saturated rings. The van der Waals surface area contributed by atoms with Crippen LogP contribution in [0.1, 0.15) is 11.1 Å². The lowest BCUT2D eigenvalue weighted by molar-refractivity contribution is -0.127. The Bertz CT molecular complexity index is 405. The minimum Gasteiger partial charge on any atom is -0.447 e. The van der Waals surface area contributed by atoms with Gasteiger partial charge in [0.05, 0.1) is 6.42 Å². The number of halogens is 3. The van der Waals surface area contributed by atoms with Crippen LogP contribution in [0, 0.1) is 0 Å². The molecule has 0 bridgehead atoms. The summed E-state index contributed by atoms with van der Waals surface area (Å²) >= 11 is 0. The Kier molecular flexibility index (Phi) is 3.17. The van der Waals surface area contributed by atoms with Crippen LogP contribution in [0.15, 0.2) is 24.3 Å². The number of aliphatic hydroxyl groups is 1. The Morgan fingerprint density at radius 1 is 1.40 bits per heavy atom. The zero-order valence-electron chi connectivity index (χ0n) is 7.75.